The molecule has 1 aliphatic rings. The standard InChI is InChI=1S/C15H28N4S/c1-15(2,3)14-17-13(12-20-14)11-16-5-6-19-9-7-18(4)8-10-19/h12,16H,5-11H2,1-4H3. The normalized spacial score (nSPS) is 18.6. The van der Waals surface area contributed by atoms with Crippen molar-refractivity contribution in [2.75, 3.05) is 46.3 Å². The van der Waals surface area contributed by atoms with Gasteiger partial charge in [0, 0.05) is 56.6 Å². The number of aromatic nitrogens is 1. The van der Waals surface area contributed by atoms with Crippen LogP contribution in [0.15, 0.2) is 5.38 Å². The highest BCUT2D eigenvalue weighted by molar-refractivity contribution is 7.09. The number of hydrogen-bond donors (Lipinski definition) is 1. The SMILES string of the molecule is CN1CCN(CCNCc2csc(C(C)(C)C)n2)CC1. The minimum absolute atomic E-state index is 0.169. The predicted octanol–water partition coefficient (Wildman–Crippen LogP) is 1.78. The molecule has 1 N–H and O–H groups in total. The molecule has 0 bridgehead atoms. The highest BCUT2D eigenvalue weighted by Crippen LogP contribution is 2.25. The number of nitrogens with one attached hydrogen (secondary N) is 1. The predicted molar refractivity (Wildman–Crippen MR) is 86.5 cm³/mol. The first-order valence-electron chi connectivity index (χ1n) is 7.51. The topological polar surface area (TPSA) is 31.4 Å². The molecule has 1 aromatic heterocycles. The van der Waals surface area contributed by atoms with Gasteiger partial charge in [-0.1, -0.05) is 20.8 Å². The zero-order valence-corrected chi connectivity index (χ0v) is 14.1. The van der Waals surface area contributed by atoms with E-state index < -0.39 is 0 Å². The van der Waals surface area contributed by atoms with Gasteiger partial charge in [-0.25, -0.2) is 4.98 Å². The van der Waals surface area contributed by atoms with Gasteiger partial charge in [-0.05, 0) is 7.05 Å². The molecule has 5 heteroatoms. The van der Waals surface area contributed by atoms with E-state index in [0.717, 1.165) is 19.6 Å². The van der Waals surface area contributed by atoms with Gasteiger partial charge in [0.05, 0.1) is 10.7 Å². The Hall–Kier alpha value is -0.490. The number of nitrogens with zero attached hydrogens (tertiary/aromatic N) is 3. The molecule has 4 nitrogen and oxygen atoms in total. The summed E-state index contributed by atoms with van der Waals surface area (Å²) in [6.07, 6.45) is 0. The van der Waals surface area contributed by atoms with Crippen LogP contribution in [-0.2, 0) is 12.0 Å². The smallest absolute Gasteiger partial charge is 0.0982 e. The lowest BCUT2D eigenvalue weighted by Crippen LogP contribution is -2.46. The van der Waals surface area contributed by atoms with Gasteiger partial charge in [-0.3, -0.25) is 4.90 Å². The number of thiazole rings is 1. The van der Waals surface area contributed by atoms with Gasteiger partial charge in [0.25, 0.3) is 0 Å². The largest absolute Gasteiger partial charge is 0.310 e. The van der Waals surface area contributed by atoms with Crippen LogP contribution in [0.3, 0.4) is 0 Å². The lowest BCUT2D eigenvalue weighted by molar-refractivity contribution is 0.154. The Kier molecular flexibility index (Phi) is 5.55. The average molecular weight is 296 g/mol. The van der Waals surface area contributed by atoms with Crippen LogP contribution in [-0.4, -0.2) is 61.1 Å². The molecule has 2 rings (SSSR count). The van der Waals surface area contributed by atoms with E-state index in [1.54, 1.807) is 11.3 Å². The maximum absolute atomic E-state index is 4.71. The van der Waals surface area contributed by atoms with Crippen molar-refractivity contribution in [2.45, 2.75) is 32.7 Å². The molecule has 1 saturated heterocycles. The van der Waals surface area contributed by atoms with Crippen molar-refractivity contribution in [1.82, 2.24) is 20.1 Å². The van der Waals surface area contributed by atoms with E-state index in [1.165, 1.54) is 36.9 Å². The molecule has 0 unspecified atom stereocenters. The zero-order chi connectivity index (χ0) is 14.6. The Balaban J connectivity index is 1.65. The van der Waals surface area contributed by atoms with E-state index in [2.05, 4.69) is 48.3 Å². The van der Waals surface area contributed by atoms with Gasteiger partial charge in [0.1, 0.15) is 0 Å². The quantitative estimate of drug-likeness (QED) is 0.839. The van der Waals surface area contributed by atoms with Gasteiger partial charge < -0.3 is 10.2 Å². The van der Waals surface area contributed by atoms with Crippen molar-refractivity contribution in [2.24, 2.45) is 0 Å². The van der Waals surface area contributed by atoms with Crippen molar-refractivity contribution in [3.8, 4) is 0 Å². The second-order valence-corrected chi connectivity index (χ2v) is 7.57. The number of piperazine rings is 1. The lowest BCUT2D eigenvalue weighted by atomic mass is 9.98. The molecule has 0 saturated carbocycles. The molecule has 0 atom stereocenters. The van der Waals surface area contributed by atoms with Crippen LogP contribution in [0, 0.1) is 0 Å². The summed E-state index contributed by atoms with van der Waals surface area (Å²) >= 11 is 1.78. The summed E-state index contributed by atoms with van der Waals surface area (Å²) in [7, 11) is 2.20. The minimum atomic E-state index is 0.169. The van der Waals surface area contributed by atoms with Crippen molar-refractivity contribution in [3.05, 3.63) is 16.1 Å². The third kappa shape index (κ3) is 4.81. The van der Waals surface area contributed by atoms with Crippen LogP contribution >= 0.6 is 11.3 Å². The summed E-state index contributed by atoms with van der Waals surface area (Å²) in [5, 5.41) is 6.93. The molecule has 114 valence electrons. The van der Waals surface area contributed by atoms with Crippen molar-refractivity contribution in [3.63, 3.8) is 0 Å². The highest BCUT2D eigenvalue weighted by Gasteiger charge is 2.17. The third-order valence-electron chi connectivity index (χ3n) is 3.70. The Morgan fingerprint density at radius 3 is 2.55 bits per heavy atom. The summed E-state index contributed by atoms with van der Waals surface area (Å²) in [5.41, 5.74) is 1.35. The zero-order valence-electron chi connectivity index (χ0n) is 13.3. The lowest BCUT2D eigenvalue weighted by Gasteiger charge is -2.32. The van der Waals surface area contributed by atoms with Gasteiger partial charge in [0.15, 0.2) is 0 Å². The third-order valence-corrected chi connectivity index (χ3v) is 5.02. The Bertz CT molecular complexity index is 402. The molecule has 1 fully saturated rings. The Morgan fingerprint density at radius 1 is 1.25 bits per heavy atom. The second-order valence-electron chi connectivity index (χ2n) is 6.72. The highest BCUT2D eigenvalue weighted by atomic mass is 32.1. The van der Waals surface area contributed by atoms with Gasteiger partial charge >= 0.3 is 0 Å². The summed E-state index contributed by atoms with van der Waals surface area (Å²) in [4.78, 5) is 9.64. The number of likely N-dealkylation sites (N-methyl/N-ethyl adjacent to an activating group) is 1. The van der Waals surface area contributed by atoms with E-state index in [-0.39, 0.29) is 5.41 Å². The van der Waals surface area contributed by atoms with Crippen LogP contribution in [0.2, 0.25) is 0 Å². The van der Waals surface area contributed by atoms with E-state index >= 15 is 0 Å². The fraction of sp³-hybridized carbons (Fsp3) is 0.800. The monoisotopic (exact) mass is 296 g/mol. The molecule has 0 amide bonds. The first-order chi connectivity index (χ1) is 9.45. The van der Waals surface area contributed by atoms with E-state index in [0.29, 0.717) is 0 Å². The summed E-state index contributed by atoms with van der Waals surface area (Å²) < 4.78 is 0. The fourth-order valence-electron chi connectivity index (χ4n) is 2.26. The number of hydrogen-bond acceptors (Lipinski definition) is 5. The van der Waals surface area contributed by atoms with Crippen molar-refractivity contribution >= 4 is 11.3 Å². The molecule has 20 heavy (non-hydrogen) atoms. The molecular formula is C15H28N4S. The molecule has 1 aliphatic heterocycles. The minimum Gasteiger partial charge on any atom is -0.310 e. The van der Waals surface area contributed by atoms with E-state index in [9.17, 15) is 0 Å². The van der Waals surface area contributed by atoms with Crippen molar-refractivity contribution in [1.29, 1.82) is 0 Å². The molecule has 1 aromatic rings. The van der Waals surface area contributed by atoms with Gasteiger partial charge in [-0.15, -0.1) is 11.3 Å². The first kappa shape index (κ1) is 15.9. The van der Waals surface area contributed by atoms with Gasteiger partial charge in [-0.2, -0.15) is 0 Å². The molecular weight excluding hydrogens is 268 g/mol. The van der Waals surface area contributed by atoms with Crippen molar-refractivity contribution < 1.29 is 0 Å². The van der Waals surface area contributed by atoms with Crippen LogP contribution in [0.25, 0.3) is 0 Å². The first-order valence-corrected chi connectivity index (χ1v) is 8.39. The Labute approximate surface area is 127 Å². The van der Waals surface area contributed by atoms with Crippen LogP contribution in [0.5, 0.6) is 0 Å². The summed E-state index contributed by atoms with van der Waals surface area (Å²) in [6, 6.07) is 0. The maximum atomic E-state index is 4.71. The summed E-state index contributed by atoms with van der Waals surface area (Å²) in [6.45, 7) is 14.5. The second kappa shape index (κ2) is 6.98. The van der Waals surface area contributed by atoms with Crippen LogP contribution in [0.1, 0.15) is 31.5 Å². The van der Waals surface area contributed by atoms with Crippen LogP contribution in [0.4, 0.5) is 0 Å². The summed E-state index contributed by atoms with van der Waals surface area (Å²) in [5.74, 6) is 0. The molecule has 0 spiro atoms. The average Bonchev–Trinajstić information content (AvgIpc) is 2.85. The molecule has 0 aromatic carbocycles. The number of rotatable bonds is 5. The van der Waals surface area contributed by atoms with E-state index in [1.807, 2.05) is 0 Å². The fourth-order valence-corrected chi connectivity index (χ4v) is 3.16. The van der Waals surface area contributed by atoms with Crippen LogP contribution < -0.4 is 5.32 Å². The maximum Gasteiger partial charge on any atom is 0.0982 e. The molecule has 0 aliphatic carbocycles. The Morgan fingerprint density at radius 2 is 1.95 bits per heavy atom. The van der Waals surface area contributed by atoms with Gasteiger partial charge in [0.2, 0.25) is 0 Å². The van der Waals surface area contributed by atoms with E-state index in [4.69, 9.17) is 4.98 Å². The molecule has 0 radical (unpaired) electrons. The molecule has 2 heterocycles.